The molecule has 0 heterocycles. The number of halogens is 3. The predicted octanol–water partition coefficient (Wildman–Crippen LogP) is 3.46. The van der Waals surface area contributed by atoms with Gasteiger partial charge in [0.1, 0.15) is 0 Å². The van der Waals surface area contributed by atoms with Crippen LogP contribution in [0.4, 0.5) is 18.9 Å². The van der Waals surface area contributed by atoms with Crippen LogP contribution in [0.25, 0.3) is 6.08 Å². The lowest BCUT2D eigenvalue weighted by Gasteiger charge is -2.11. The maximum absolute atomic E-state index is 12.0. The van der Waals surface area contributed by atoms with Gasteiger partial charge in [0.25, 0.3) is 0 Å². The fourth-order valence-corrected chi connectivity index (χ4v) is 1.67. The number of carbonyl (C=O) groups excluding carboxylic acids is 1. The molecule has 0 saturated heterocycles. The lowest BCUT2D eigenvalue weighted by Crippen LogP contribution is -2.18. The highest BCUT2D eigenvalue weighted by atomic mass is 32.2. The first kappa shape index (κ1) is 15.4. The lowest BCUT2D eigenvalue weighted by molar-refractivity contribution is -0.274. The summed E-state index contributed by atoms with van der Waals surface area (Å²) in [7, 11) is 0. The summed E-state index contributed by atoms with van der Waals surface area (Å²) in [5, 5.41) is -0.00177. The highest BCUT2D eigenvalue weighted by Crippen LogP contribution is 2.29. The monoisotopic (exact) mass is 291 g/mol. The van der Waals surface area contributed by atoms with Crippen LogP contribution < -0.4 is 10.5 Å². The number of nitrogens with two attached hydrogens (primary N) is 1. The van der Waals surface area contributed by atoms with E-state index in [1.807, 2.05) is 0 Å². The number of alkyl halides is 3. The molecule has 1 rings (SSSR count). The second-order valence-electron chi connectivity index (χ2n) is 3.55. The van der Waals surface area contributed by atoms with Crippen molar-refractivity contribution in [1.29, 1.82) is 0 Å². The molecule has 0 atom stereocenters. The van der Waals surface area contributed by atoms with Gasteiger partial charge >= 0.3 is 6.36 Å². The number of anilines is 1. The first-order valence-corrected chi connectivity index (χ1v) is 6.21. The van der Waals surface area contributed by atoms with Gasteiger partial charge in [0.15, 0.2) is 10.9 Å². The number of hydrogen-bond donors (Lipinski definition) is 1. The Morgan fingerprint density at radius 1 is 1.47 bits per heavy atom. The van der Waals surface area contributed by atoms with Gasteiger partial charge in [-0.1, -0.05) is 30.0 Å². The standard InChI is InChI=1S/C12H12F3NO2S/c1-8(17)19-6-2-3-9-4-5-11(10(16)7-9)18-12(13,14)15/h2-5,7H,6,16H2,1H3. The molecule has 0 bridgehead atoms. The van der Waals surface area contributed by atoms with Crippen molar-refractivity contribution in [2.24, 2.45) is 0 Å². The minimum absolute atomic E-state index is 0.00177. The van der Waals surface area contributed by atoms with E-state index in [0.717, 1.165) is 17.8 Å². The summed E-state index contributed by atoms with van der Waals surface area (Å²) >= 11 is 1.14. The zero-order valence-corrected chi connectivity index (χ0v) is 10.8. The largest absolute Gasteiger partial charge is 0.573 e. The minimum Gasteiger partial charge on any atom is -0.404 e. The molecule has 0 amide bonds. The maximum Gasteiger partial charge on any atom is 0.573 e. The number of ether oxygens (including phenoxy) is 1. The molecule has 0 saturated carbocycles. The zero-order valence-electron chi connectivity index (χ0n) is 10.0. The van der Waals surface area contributed by atoms with Gasteiger partial charge < -0.3 is 10.5 Å². The van der Waals surface area contributed by atoms with E-state index < -0.39 is 12.1 Å². The van der Waals surface area contributed by atoms with E-state index in [9.17, 15) is 18.0 Å². The molecule has 3 nitrogen and oxygen atoms in total. The normalized spacial score (nSPS) is 11.8. The van der Waals surface area contributed by atoms with Crippen LogP contribution in [0, 0.1) is 0 Å². The Bertz CT molecular complexity index is 486. The van der Waals surface area contributed by atoms with Crippen molar-refractivity contribution in [3.05, 3.63) is 29.8 Å². The van der Waals surface area contributed by atoms with Crippen LogP contribution in [-0.4, -0.2) is 17.2 Å². The Kier molecular flexibility index (Phi) is 5.29. The van der Waals surface area contributed by atoms with Crippen LogP contribution in [0.15, 0.2) is 24.3 Å². The molecule has 104 valence electrons. The zero-order chi connectivity index (χ0) is 14.5. The summed E-state index contributed by atoms with van der Waals surface area (Å²) in [5.41, 5.74) is 6.00. The first-order chi connectivity index (χ1) is 8.78. The van der Waals surface area contributed by atoms with Crippen molar-refractivity contribution in [2.75, 3.05) is 11.5 Å². The predicted molar refractivity (Wildman–Crippen MR) is 69.7 cm³/mol. The van der Waals surface area contributed by atoms with Crippen LogP contribution in [0.3, 0.4) is 0 Å². The van der Waals surface area contributed by atoms with Gasteiger partial charge in [-0.3, -0.25) is 4.79 Å². The summed E-state index contributed by atoms with van der Waals surface area (Å²) in [4.78, 5) is 10.7. The van der Waals surface area contributed by atoms with E-state index >= 15 is 0 Å². The highest BCUT2D eigenvalue weighted by Gasteiger charge is 2.31. The van der Waals surface area contributed by atoms with Crippen molar-refractivity contribution in [3.8, 4) is 5.75 Å². The lowest BCUT2D eigenvalue weighted by atomic mass is 10.2. The van der Waals surface area contributed by atoms with E-state index in [4.69, 9.17) is 5.73 Å². The Hall–Kier alpha value is -1.63. The van der Waals surface area contributed by atoms with E-state index in [1.165, 1.54) is 19.1 Å². The molecular weight excluding hydrogens is 279 g/mol. The quantitative estimate of drug-likeness (QED) is 0.863. The van der Waals surface area contributed by atoms with Crippen LogP contribution >= 0.6 is 11.8 Å². The van der Waals surface area contributed by atoms with Crippen molar-refractivity contribution in [1.82, 2.24) is 0 Å². The molecule has 0 spiro atoms. The van der Waals surface area contributed by atoms with Gasteiger partial charge in [-0.05, 0) is 17.7 Å². The Balaban J connectivity index is 2.69. The molecule has 2 N–H and O–H groups in total. The Morgan fingerprint density at radius 3 is 2.68 bits per heavy atom. The number of hydrogen-bond acceptors (Lipinski definition) is 4. The molecule has 0 aliphatic rings. The van der Waals surface area contributed by atoms with Crippen molar-refractivity contribution >= 4 is 28.6 Å². The third-order valence-corrected chi connectivity index (χ3v) is 2.72. The fourth-order valence-electron chi connectivity index (χ4n) is 1.24. The van der Waals surface area contributed by atoms with E-state index in [1.54, 1.807) is 12.2 Å². The van der Waals surface area contributed by atoms with Crippen LogP contribution in [0.1, 0.15) is 12.5 Å². The van der Waals surface area contributed by atoms with Gasteiger partial charge in [0.05, 0.1) is 5.69 Å². The van der Waals surface area contributed by atoms with Crippen molar-refractivity contribution in [2.45, 2.75) is 13.3 Å². The molecule has 0 aliphatic carbocycles. The highest BCUT2D eigenvalue weighted by molar-refractivity contribution is 8.13. The minimum atomic E-state index is -4.76. The van der Waals surface area contributed by atoms with Gasteiger partial charge in [0.2, 0.25) is 0 Å². The summed E-state index contributed by atoms with van der Waals surface area (Å²) < 4.78 is 39.8. The topological polar surface area (TPSA) is 52.3 Å². The second kappa shape index (κ2) is 6.51. The van der Waals surface area contributed by atoms with Crippen LogP contribution in [0.5, 0.6) is 5.75 Å². The second-order valence-corrected chi connectivity index (χ2v) is 4.75. The van der Waals surface area contributed by atoms with Gasteiger partial charge in [-0.25, -0.2) is 0 Å². The van der Waals surface area contributed by atoms with Crippen LogP contribution in [0.2, 0.25) is 0 Å². The van der Waals surface area contributed by atoms with E-state index in [2.05, 4.69) is 4.74 Å². The SMILES string of the molecule is CC(=O)SCC=Cc1ccc(OC(F)(F)F)c(N)c1. The molecule has 1 aromatic rings. The third kappa shape index (κ3) is 6.19. The molecule has 7 heteroatoms. The molecule has 0 aliphatic heterocycles. The molecule has 0 radical (unpaired) electrons. The van der Waals surface area contributed by atoms with Crippen LogP contribution in [-0.2, 0) is 4.79 Å². The number of carbonyl (C=O) groups is 1. The van der Waals surface area contributed by atoms with Gasteiger partial charge in [0, 0.05) is 12.7 Å². The van der Waals surface area contributed by atoms with Crippen molar-refractivity contribution < 1.29 is 22.7 Å². The average Bonchev–Trinajstić information content (AvgIpc) is 2.26. The number of rotatable bonds is 4. The van der Waals surface area contributed by atoms with E-state index in [-0.39, 0.29) is 10.8 Å². The molecule has 1 aromatic carbocycles. The molecule has 19 heavy (non-hydrogen) atoms. The van der Waals surface area contributed by atoms with E-state index in [0.29, 0.717) is 11.3 Å². The number of nitrogen functional groups attached to an aromatic ring is 1. The summed E-state index contributed by atoms with van der Waals surface area (Å²) in [5.74, 6) is 0.0681. The maximum atomic E-state index is 12.0. The summed E-state index contributed by atoms with van der Waals surface area (Å²) in [6.07, 6.45) is -1.36. The molecular formula is C12H12F3NO2S. The third-order valence-electron chi connectivity index (χ3n) is 1.95. The smallest absolute Gasteiger partial charge is 0.404 e. The van der Waals surface area contributed by atoms with Crippen molar-refractivity contribution in [3.63, 3.8) is 0 Å². The Morgan fingerprint density at radius 2 is 2.16 bits per heavy atom. The number of benzene rings is 1. The first-order valence-electron chi connectivity index (χ1n) is 5.23. The molecule has 0 aromatic heterocycles. The summed E-state index contributed by atoms with van der Waals surface area (Å²) in [6, 6.07) is 3.98. The molecule has 0 unspecified atom stereocenters. The van der Waals surface area contributed by atoms with Gasteiger partial charge in [-0.2, -0.15) is 0 Å². The Labute approximate surface area is 112 Å². The molecule has 0 fully saturated rings. The summed E-state index contributed by atoms with van der Waals surface area (Å²) in [6.45, 7) is 1.46. The fraction of sp³-hybridized carbons (Fsp3) is 0.250. The number of thioether (sulfide) groups is 1. The average molecular weight is 291 g/mol. The van der Waals surface area contributed by atoms with Gasteiger partial charge in [-0.15, -0.1) is 13.2 Å².